The van der Waals surface area contributed by atoms with Crippen molar-refractivity contribution in [3.63, 3.8) is 0 Å². The van der Waals surface area contributed by atoms with Crippen LogP contribution in [0.4, 0.5) is 0 Å². The number of carbonyl (C=O) groups is 1. The third kappa shape index (κ3) is 5.27. The van der Waals surface area contributed by atoms with Gasteiger partial charge in [-0.25, -0.2) is 0 Å². The van der Waals surface area contributed by atoms with E-state index in [0.717, 1.165) is 12.0 Å². The van der Waals surface area contributed by atoms with Gasteiger partial charge in [0.25, 0.3) is 0 Å². The molecule has 0 aliphatic carbocycles. The Labute approximate surface area is 130 Å². The summed E-state index contributed by atoms with van der Waals surface area (Å²) >= 11 is 0. The summed E-state index contributed by atoms with van der Waals surface area (Å²) in [7, 11) is 0. The Balaban J connectivity index is 1.70. The van der Waals surface area contributed by atoms with E-state index in [0.29, 0.717) is 37.7 Å². The molecule has 0 aliphatic rings. The Kier molecular flexibility index (Phi) is 6.06. The Morgan fingerprint density at radius 2 is 2.05 bits per heavy atom. The number of carbonyl (C=O) groups excluding carboxylic acids is 1. The number of aryl methyl sites for hydroxylation is 1. The molecular weight excluding hydrogens is 280 g/mol. The van der Waals surface area contributed by atoms with Gasteiger partial charge in [-0.15, -0.1) is 10.2 Å². The van der Waals surface area contributed by atoms with E-state index in [9.17, 15) is 4.79 Å². The lowest BCUT2D eigenvalue weighted by Crippen LogP contribution is -2.10. The monoisotopic (exact) mass is 302 g/mol. The lowest BCUT2D eigenvalue weighted by Gasteiger charge is -2.05. The first-order chi connectivity index (χ1) is 10.6. The predicted octanol–water partition coefficient (Wildman–Crippen LogP) is 2.71. The molecular formula is C16H22N4O2. The van der Waals surface area contributed by atoms with Gasteiger partial charge in [-0.1, -0.05) is 44.2 Å². The minimum Gasteiger partial charge on any atom is -0.466 e. The molecule has 6 nitrogen and oxygen atoms in total. The first-order valence-electron chi connectivity index (χ1n) is 7.64. The average Bonchev–Trinajstić information content (AvgIpc) is 2.99. The fourth-order valence-electron chi connectivity index (χ4n) is 1.91. The van der Waals surface area contributed by atoms with Crippen LogP contribution in [0.5, 0.6) is 0 Å². The van der Waals surface area contributed by atoms with Gasteiger partial charge in [0.2, 0.25) is 5.82 Å². The van der Waals surface area contributed by atoms with Gasteiger partial charge in [-0.05, 0) is 17.6 Å². The van der Waals surface area contributed by atoms with Crippen molar-refractivity contribution in [2.45, 2.75) is 39.7 Å². The van der Waals surface area contributed by atoms with Gasteiger partial charge in [0.1, 0.15) is 0 Å². The molecule has 0 unspecified atom stereocenters. The standard InChI is InChI=1S/C16H22N4O2/c1-13(2)9-10-15(21)22-12-6-11-20-18-16(17-19-20)14-7-4-3-5-8-14/h3-5,7-8,13H,6,9-12H2,1-2H3. The maximum absolute atomic E-state index is 11.5. The molecule has 0 radical (unpaired) electrons. The lowest BCUT2D eigenvalue weighted by atomic mass is 10.1. The second-order valence-electron chi connectivity index (χ2n) is 5.58. The second kappa shape index (κ2) is 8.26. The maximum atomic E-state index is 11.5. The van der Waals surface area contributed by atoms with Crippen LogP contribution >= 0.6 is 0 Å². The van der Waals surface area contributed by atoms with Crippen molar-refractivity contribution in [1.82, 2.24) is 20.2 Å². The van der Waals surface area contributed by atoms with Crippen LogP contribution in [-0.2, 0) is 16.1 Å². The molecule has 118 valence electrons. The highest BCUT2D eigenvalue weighted by molar-refractivity contribution is 5.69. The average molecular weight is 302 g/mol. The Bertz CT molecular complexity index is 581. The van der Waals surface area contributed by atoms with Crippen molar-refractivity contribution in [2.24, 2.45) is 5.92 Å². The molecule has 2 aromatic rings. The number of hydrogen-bond donors (Lipinski definition) is 0. The van der Waals surface area contributed by atoms with E-state index in [-0.39, 0.29) is 5.97 Å². The summed E-state index contributed by atoms with van der Waals surface area (Å²) in [6, 6.07) is 9.70. The normalized spacial score (nSPS) is 10.9. The summed E-state index contributed by atoms with van der Waals surface area (Å²) < 4.78 is 5.18. The molecule has 0 spiro atoms. The van der Waals surface area contributed by atoms with Crippen molar-refractivity contribution >= 4 is 5.97 Å². The van der Waals surface area contributed by atoms with E-state index < -0.39 is 0 Å². The molecule has 0 N–H and O–H groups in total. The van der Waals surface area contributed by atoms with E-state index >= 15 is 0 Å². The zero-order valence-corrected chi connectivity index (χ0v) is 13.1. The second-order valence-corrected chi connectivity index (χ2v) is 5.58. The highest BCUT2D eigenvalue weighted by Crippen LogP contribution is 2.11. The van der Waals surface area contributed by atoms with Crippen LogP contribution in [0.3, 0.4) is 0 Å². The fourth-order valence-corrected chi connectivity index (χ4v) is 1.91. The summed E-state index contributed by atoms with van der Waals surface area (Å²) in [6.07, 6.45) is 2.03. The summed E-state index contributed by atoms with van der Waals surface area (Å²) in [4.78, 5) is 13.0. The third-order valence-electron chi connectivity index (χ3n) is 3.18. The van der Waals surface area contributed by atoms with Crippen molar-refractivity contribution < 1.29 is 9.53 Å². The minimum atomic E-state index is -0.134. The Hall–Kier alpha value is -2.24. The highest BCUT2D eigenvalue weighted by atomic mass is 16.5. The van der Waals surface area contributed by atoms with Gasteiger partial charge in [-0.3, -0.25) is 4.79 Å². The largest absolute Gasteiger partial charge is 0.466 e. The Morgan fingerprint density at radius 1 is 1.27 bits per heavy atom. The lowest BCUT2D eigenvalue weighted by molar-refractivity contribution is -0.144. The molecule has 0 aliphatic heterocycles. The molecule has 0 atom stereocenters. The number of benzene rings is 1. The van der Waals surface area contributed by atoms with Gasteiger partial charge in [0, 0.05) is 18.4 Å². The van der Waals surface area contributed by atoms with Crippen LogP contribution in [0.2, 0.25) is 0 Å². The third-order valence-corrected chi connectivity index (χ3v) is 3.18. The predicted molar refractivity (Wildman–Crippen MR) is 82.9 cm³/mol. The molecule has 0 amide bonds. The van der Waals surface area contributed by atoms with Gasteiger partial charge in [0.15, 0.2) is 0 Å². The molecule has 22 heavy (non-hydrogen) atoms. The number of tetrazole rings is 1. The first kappa shape index (κ1) is 16.1. The van der Waals surface area contributed by atoms with Crippen LogP contribution in [0.15, 0.2) is 30.3 Å². The molecule has 1 heterocycles. The van der Waals surface area contributed by atoms with E-state index in [2.05, 4.69) is 29.3 Å². The van der Waals surface area contributed by atoms with Crippen LogP contribution in [-0.4, -0.2) is 32.8 Å². The van der Waals surface area contributed by atoms with Gasteiger partial charge < -0.3 is 4.74 Å². The van der Waals surface area contributed by atoms with E-state index in [4.69, 9.17) is 4.74 Å². The highest BCUT2D eigenvalue weighted by Gasteiger charge is 2.06. The number of rotatable bonds is 8. The van der Waals surface area contributed by atoms with Crippen molar-refractivity contribution in [2.75, 3.05) is 6.61 Å². The molecule has 0 bridgehead atoms. The van der Waals surface area contributed by atoms with Crippen molar-refractivity contribution in [3.8, 4) is 11.4 Å². The maximum Gasteiger partial charge on any atom is 0.305 e. The molecule has 2 rings (SSSR count). The quantitative estimate of drug-likeness (QED) is 0.554. The van der Waals surface area contributed by atoms with Gasteiger partial charge in [-0.2, -0.15) is 4.80 Å². The number of esters is 1. The molecule has 6 heteroatoms. The van der Waals surface area contributed by atoms with Crippen LogP contribution in [0, 0.1) is 5.92 Å². The number of ether oxygens (including phenoxy) is 1. The number of aromatic nitrogens is 4. The topological polar surface area (TPSA) is 69.9 Å². The minimum absolute atomic E-state index is 0.134. The summed E-state index contributed by atoms with van der Waals surface area (Å²) in [5.41, 5.74) is 0.939. The number of hydrogen-bond acceptors (Lipinski definition) is 5. The zero-order valence-electron chi connectivity index (χ0n) is 13.1. The van der Waals surface area contributed by atoms with Crippen molar-refractivity contribution in [1.29, 1.82) is 0 Å². The summed E-state index contributed by atoms with van der Waals surface area (Å²) in [5, 5.41) is 12.3. The van der Waals surface area contributed by atoms with Gasteiger partial charge >= 0.3 is 5.97 Å². The van der Waals surface area contributed by atoms with E-state index in [1.807, 2.05) is 30.3 Å². The first-order valence-corrected chi connectivity index (χ1v) is 7.64. The number of nitrogens with zero attached hydrogens (tertiary/aromatic N) is 4. The smallest absolute Gasteiger partial charge is 0.305 e. The van der Waals surface area contributed by atoms with Crippen LogP contribution < -0.4 is 0 Å². The molecule has 0 saturated heterocycles. The molecule has 1 aromatic heterocycles. The Morgan fingerprint density at radius 3 is 2.77 bits per heavy atom. The summed E-state index contributed by atoms with van der Waals surface area (Å²) in [6.45, 7) is 5.15. The zero-order chi connectivity index (χ0) is 15.8. The summed E-state index contributed by atoms with van der Waals surface area (Å²) in [5.74, 6) is 0.989. The van der Waals surface area contributed by atoms with Crippen LogP contribution in [0.25, 0.3) is 11.4 Å². The fraction of sp³-hybridized carbons (Fsp3) is 0.500. The molecule has 0 fully saturated rings. The van der Waals surface area contributed by atoms with Crippen LogP contribution in [0.1, 0.15) is 33.1 Å². The van der Waals surface area contributed by atoms with Gasteiger partial charge in [0.05, 0.1) is 13.2 Å². The van der Waals surface area contributed by atoms with E-state index in [1.54, 1.807) is 0 Å². The SMILES string of the molecule is CC(C)CCC(=O)OCCCn1nnc(-c2ccccc2)n1. The molecule has 0 saturated carbocycles. The van der Waals surface area contributed by atoms with Crippen molar-refractivity contribution in [3.05, 3.63) is 30.3 Å². The van der Waals surface area contributed by atoms with E-state index in [1.165, 1.54) is 4.80 Å². The molecule has 1 aromatic carbocycles.